The Morgan fingerprint density at radius 1 is 1.20 bits per heavy atom. The Bertz CT molecular complexity index is 390. The number of carbonyl (C=O) groups excluding carboxylic acids is 1. The Kier molecular flexibility index (Phi) is 4.18. The number of aryl methyl sites for hydroxylation is 1. The van der Waals surface area contributed by atoms with E-state index in [-0.39, 0.29) is 10.1 Å². The normalized spacial score (nSPS) is 9.60. The van der Waals surface area contributed by atoms with E-state index < -0.39 is 5.97 Å². The van der Waals surface area contributed by atoms with Crippen LogP contribution in [0, 0.1) is 6.92 Å². The first-order chi connectivity index (χ1) is 7.06. The monoisotopic (exact) mass is 244 g/mol. The lowest BCUT2D eigenvalue weighted by molar-refractivity contribution is -0.133. The van der Waals surface area contributed by atoms with Crippen molar-refractivity contribution in [3.05, 3.63) is 39.9 Å². The van der Waals surface area contributed by atoms with Crippen LogP contribution in [0.25, 0.3) is 5.57 Å². The van der Waals surface area contributed by atoms with Gasteiger partial charge < -0.3 is 4.74 Å². The van der Waals surface area contributed by atoms with E-state index >= 15 is 0 Å². The number of halogens is 2. The number of esters is 1. The Morgan fingerprint density at radius 2 is 1.73 bits per heavy atom. The number of carbonyl (C=O) groups is 1. The topological polar surface area (TPSA) is 26.3 Å². The van der Waals surface area contributed by atoms with Crippen LogP contribution in [0.1, 0.15) is 11.1 Å². The molecule has 4 heteroatoms. The van der Waals surface area contributed by atoms with Crippen LogP contribution in [0.15, 0.2) is 28.8 Å². The van der Waals surface area contributed by atoms with Crippen molar-refractivity contribution < 1.29 is 9.53 Å². The van der Waals surface area contributed by atoms with Gasteiger partial charge in [-0.05, 0) is 12.5 Å². The van der Waals surface area contributed by atoms with Gasteiger partial charge in [-0.2, -0.15) is 0 Å². The van der Waals surface area contributed by atoms with Gasteiger partial charge in [-0.25, -0.2) is 4.79 Å². The van der Waals surface area contributed by atoms with E-state index in [9.17, 15) is 4.79 Å². The summed E-state index contributed by atoms with van der Waals surface area (Å²) in [7, 11) is 1.28. The first kappa shape index (κ1) is 12.1. The highest BCUT2D eigenvalue weighted by atomic mass is 35.5. The quantitative estimate of drug-likeness (QED) is 0.590. The molecule has 0 aliphatic carbocycles. The minimum Gasteiger partial charge on any atom is -0.465 e. The summed E-state index contributed by atoms with van der Waals surface area (Å²) in [6.45, 7) is 1.95. The molecule has 0 aliphatic heterocycles. The summed E-state index contributed by atoms with van der Waals surface area (Å²) < 4.78 is 4.50. The minimum atomic E-state index is -0.543. The van der Waals surface area contributed by atoms with Crippen LogP contribution in [-0.4, -0.2) is 13.1 Å². The van der Waals surface area contributed by atoms with Gasteiger partial charge in [0, 0.05) is 0 Å². The fraction of sp³-hybridized carbons (Fsp3) is 0.182. The Balaban J connectivity index is 3.18. The van der Waals surface area contributed by atoms with Crippen LogP contribution in [-0.2, 0) is 9.53 Å². The van der Waals surface area contributed by atoms with Gasteiger partial charge in [-0.15, -0.1) is 0 Å². The van der Waals surface area contributed by atoms with Crippen LogP contribution in [0.5, 0.6) is 0 Å². The summed E-state index contributed by atoms with van der Waals surface area (Å²) in [4.78, 5) is 11.4. The molecule has 0 bridgehead atoms. The second-order valence-electron chi connectivity index (χ2n) is 2.99. The first-order valence-corrected chi connectivity index (χ1v) is 5.02. The molecule has 0 aliphatic rings. The zero-order valence-corrected chi connectivity index (χ0v) is 9.89. The summed E-state index contributed by atoms with van der Waals surface area (Å²) in [5.41, 5.74) is 1.92. The van der Waals surface area contributed by atoms with Crippen LogP contribution in [0.2, 0.25) is 0 Å². The van der Waals surface area contributed by atoms with Gasteiger partial charge in [-0.1, -0.05) is 53.0 Å². The van der Waals surface area contributed by atoms with Gasteiger partial charge in [0.15, 0.2) is 0 Å². The average Bonchev–Trinajstić information content (AvgIpc) is 2.20. The van der Waals surface area contributed by atoms with Gasteiger partial charge in [-0.3, -0.25) is 0 Å². The fourth-order valence-corrected chi connectivity index (χ4v) is 1.50. The zero-order valence-electron chi connectivity index (χ0n) is 8.38. The largest absolute Gasteiger partial charge is 0.465 e. The van der Waals surface area contributed by atoms with Crippen LogP contribution >= 0.6 is 23.2 Å². The molecule has 0 saturated heterocycles. The molecule has 0 aromatic heterocycles. The maximum absolute atomic E-state index is 11.4. The summed E-state index contributed by atoms with van der Waals surface area (Å²) in [6, 6.07) is 7.28. The van der Waals surface area contributed by atoms with Crippen molar-refractivity contribution in [1.29, 1.82) is 0 Å². The molecule has 80 valence electrons. The number of benzene rings is 1. The van der Waals surface area contributed by atoms with E-state index in [1.54, 1.807) is 12.1 Å². The third kappa shape index (κ3) is 2.98. The molecule has 0 spiro atoms. The van der Waals surface area contributed by atoms with Gasteiger partial charge in [0.05, 0.1) is 12.7 Å². The fourth-order valence-electron chi connectivity index (χ4n) is 1.13. The maximum Gasteiger partial charge on any atom is 0.340 e. The van der Waals surface area contributed by atoms with E-state index in [2.05, 4.69) is 4.74 Å². The maximum atomic E-state index is 11.4. The molecule has 0 saturated carbocycles. The van der Waals surface area contributed by atoms with Crippen molar-refractivity contribution in [1.82, 2.24) is 0 Å². The molecule has 1 rings (SSSR count). The molecule has 1 aromatic rings. The summed E-state index contributed by atoms with van der Waals surface area (Å²) in [5, 5.41) is 0. The molecule has 15 heavy (non-hydrogen) atoms. The van der Waals surface area contributed by atoms with Crippen molar-refractivity contribution >= 4 is 34.7 Å². The molecule has 0 radical (unpaired) electrons. The molecule has 0 atom stereocenters. The lowest BCUT2D eigenvalue weighted by Gasteiger charge is -2.05. The van der Waals surface area contributed by atoms with E-state index in [0.717, 1.165) is 5.56 Å². The number of methoxy groups -OCH3 is 1. The number of rotatable bonds is 2. The molecule has 1 aromatic carbocycles. The van der Waals surface area contributed by atoms with Gasteiger partial charge in [0.25, 0.3) is 0 Å². The molecular weight excluding hydrogens is 235 g/mol. The van der Waals surface area contributed by atoms with Crippen molar-refractivity contribution in [2.24, 2.45) is 0 Å². The summed E-state index contributed by atoms with van der Waals surface area (Å²) in [5.74, 6) is -0.543. The number of hydrogen-bond donors (Lipinski definition) is 0. The number of ether oxygens (including phenoxy) is 1. The van der Waals surface area contributed by atoms with E-state index in [1.165, 1.54) is 7.11 Å². The summed E-state index contributed by atoms with van der Waals surface area (Å²) >= 11 is 11.3. The van der Waals surface area contributed by atoms with Crippen LogP contribution in [0.4, 0.5) is 0 Å². The highest BCUT2D eigenvalue weighted by molar-refractivity contribution is 6.61. The van der Waals surface area contributed by atoms with Crippen LogP contribution in [0.3, 0.4) is 0 Å². The molecule has 0 unspecified atom stereocenters. The minimum absolute atomic E-state index is 0.0919. The van der Waals surface area contributed by atoms with E-state index in [1.807, 2.05) is 19.1 Å². The van der Waals surface area contributed by atoms with E-state index in [4.69, 9.17) is 23.2 Å². The third-order valence-electron chi connectivity index (χ3n) is 1.92. The molecule has 0 heterocycles. The predicted octanol–water partition coefficient (Wildman–Crippen LogP) is 3.31. The zero-order chi connectivity index (χ0) is 11.4. The molecule has 0 N–H and O–H groups in total. The SMILES string of the molecule is COC(=O)C(=C(Cl)Cl)c1ccc(C)cc1. The highest BCUT2D eigenvalue weighted by Crippen LogP contribution is 2.25. The summed E-state index contributed by atoms with van der Waals surface area (Å²) in [6.07, 6.45) is 0. The van der Waals surface area contributed by atoms with Crippen LogP contribution < -0.4 is 0 Å². The smallest absolute Gasteiger partial charge is 0.340 e. The number of hydrogen-bond acceptors (Lipinski definition) is 2. The van der Waals surface area contributed by atoms with Gasteiger partial charge >= 0.3 is 5.97 Å². The van der Waals surface area contributed by atoms with E-state index in [0.29, 0.717) is 5.56 Å². The predicted molar refractivity (Wildman–Crippen MR) is 61.8 cm³/mol. The van der Waals surface area contributed by atoms with Gasteiger partial charge in [0.1, 0.15) is 4.49 Å². The molecule has 0 fully saturated rings. The standard InChI is InChI=1S/C11H10Cl2O2/c1-7-3-5-8(6-4-7)9(10(12)13)11(14)15-2/h3-6H,1-2H3. The Hall–Kier alpha value is -0.990. The van der Waals surface area contributed by atoms with Crippen molar-refractivity contribution in [2.45, 2.75) is 6.92 Å². The highest BCUT2D eigenvalue weighted by Gasteiger charge is 2.15. The molecule has 2 nitrogen and oxygen atoms in total. The lowest BCUT2D eigenvalue weighted by Crippen LogP contribution is -2.04. The third-order valence-corrected chi connectivity index (χ3v) is 2.30. The van der Waals surface area contributed by atoms with Gasteiger partial charge in [0.2, 0.25) is 0 Å². The van der Waals surface area contributed by atoms with Crippen molar-refractivity contribution in [3.63, 3.8) is 0 Å². The Morgan fingerprint density at radius 3 is 2.13 bits per heavy atom. The first-order valence-electron chi connectivity index (χ1n) is 4.27. The molecular formula is C11H10Cl2O2. The second-order valence-corrected chi connectivity index (χ2v) is 3.94. The van der Waals surface area contributed by atoms with Crippen molar-refractivity contribution in [3.8, 4) is 0 Å². The van der Waals surface area contributed by atoms with Crippen molar-refractivity contribution in [2.75, 3.05) is 7.11 Å². The lowest BCUT2D eigenvalue weighted by atomic mass is 10.1. The Labute approximate surface area is 98.4 Å². The average molecular weight is 245 g/mol. The second kappa shape index (κ2) is 5.19. The molecule has 0 amide bonds.